The van der Waals surface area contributed by atoms with Crippen LogP contribution in [0.15, 0.2) is 231 Å². The summed E-state index contributed by atoms with van der Waals surface area (Å²) in [6.07, 6.45) is 0. The van der Waals surface area contributed by atoms with E-state index in [0.717, 1.165) is 28.3 Å². The lowest BCUT2D eigenvalue weighted by atomic mass is 9.94. The van der Waals surface area contributed by atoms with Crippen molar-refractivity contribution in [2.24, 2.45) is 0 Å². The smallest absolute Gasteiger partial charge is 0.0547 e. The van der Waals surface area contributed by atoms with Gasteiger partial charge < -0.3 is 9.47 Å². The predicted octanol–water partition coefficient (Wildman–Crippen LogP) is 16.2. The lowest BCUT2D eigenvalue weighted by Gasteiger charge is -2.27. The standard InChI is InChI=1S/C58H38N2/c1-2-14-39(15-3-1)40-26-31-43(32-27-40)59(45-35-36-52-50-21-7-6-19-48(50)49-20-8-9-22-51(49)54(52)38-45)44-33-28-42(29-34-44)46-17-10-12-24-55(46)60-56-25-13-11-23-53(56)58-47-18-5-4-16-41(47)30-37-57(58)60/h1-38H. The molecule has 0 aliphatic heterocycles. The van der Waals surface area contributed by atoms with Gasteiger partial charge in [-0.05, 0) is 114 Å². The van der Waals surface area contributed by atoms with Crippen molar-refractivity contribution in [1.82, 2.24) is 4.57 Å². The normalized spacial score (nSPS) is 11.7. The average molecular weight is 763 g/mol. The molecule has 2 heteroatoms. The fourth-order valence-electron chi connectivity index (χ4n) is 9.62. The molecule has 0 radical (unpaired) electrons. The van der Waals surface area contributed by atoms with E-state index in [2.05, 4.69) is 240 Å². The first-order valence-corrected chi connectivity index (χ1v) is 20.7. The van der Waals surface area contributed by atoms with E-state index < -0.39 is 0 Å². The van der Waals surface area contributed by atoms with Crippen LogP contribution in [0.4, 0.5) is 17.1 Å². The molecule has 0 bridgehead atoms. The van der Waals surface area contributed by atoms with Crippen molar-refractivity contribution in [3.8, 4) is 27.9 Å². The zero-order valence-corrected chi connectivity index (χ0v) is 32.8. The number of hydrogen-bond donors (Lipinski definition) is 0. The summed E-state index contributed by atoms with van der Waals surface area (Å²) in [6, 6.07) is 84.2. The maximum atomic E-state index is 2.45. The average Bonchev–Trinajstić information content (AvgIpc) is 3.67. The Kier molecular flexibility index (Phi) is 7.89. The van der Waals surface area contributed by atoms with Crippen molar-refractivity contribution in [2.45, 2.75) is 0 Å². The van der Waals surface area contributed by atoms with E-state index in [1.54, 1.807) is 0 Å². The molecule has 0 fully saturated rings. The first kappa shape index (κ1) is 34.1. The fraction of sp³-hybridized carbons (Fsp3) is 0. The van der Waals surface area contributed by atoms with Crippen LogP contribution in [0.2, 0.25) is 0 Å². The van der Waals surface area contributed by atoms with Crippen LogP contribution >= 0.6 is 0 Å². The third kappa shape index (κ3) is 5.42. The SMILES string of the molecule is c1ccc(-c2ccc(N(c3ccc(-c4ccccc4-n4c5ccccc5c5c6ccccc6ccc54)cc3)c3ccc4c5ccccc5c5ccccc5c4c3)cc2)cc1. The van der Waals surface area contributed by atoms with E-state index in [0.29, 0.717) is 0 Å². The number of rotatable bonds is 6. The van der Waals surface area contributed by atoms with Crippen molar-refractivity contribution in [3.63, 3.8) is 0 Å². The van der Waals surface area contributed by atoms with Gasteiger partial charge in [0.2, 0.25) is 0 Å². The first-order valence-electron chi connectivity index (χ1n) is 20.7. The number of para-hydroxylation sites is 2. The molecule has 1 heterocycles. The van der Waals surface area contributed by atoms with Crippen LogP contribution in [0.5, 0.6) is 0 Å². The number of aromatic nitrogens is 1. The number of fused-ring (bicyclic) bond motifs is 11. The molecule has 0 unspecified atom stereocenters. The Balaban J connectivity index is 1.02. The summed E-state index contributed by atoms with van der Waals surface area (Å²) in [4.78, 5) is 2.39. The summed E-state index contributed by atoms with van der Waals surface area (Å²) in [7, 11) is 0. The van der Waals surface area contributed by atoms with Gasteiger partial charge in [0.05, 0.1) is 16.7 Å². The highest BCUT2D eigenvalue weighted by Gasteiger charge is 2.19. The summed E-state index contributed by atoms with van der Waals surface area (Å²) < 4.78 is 2.45. The molecule has 0 spiro atoms. The van der Waals surface area contributed by atoms with E-state index in [4.69, 9.17) is 0 Å². The Hall–Kier alpha value is -7.94. The second kappa shape index (κ2) is 13.9. The molecule has 12 aromatic rings. The second-order valence-corrected chi connectivity index (χ2v) is 15.7. The molecule has 12 rings (SSSR count). The number of nitrogens with zero attached hydrogens (tertiary/aromatic N) is 2. The molecular formula is C58H38N2. The molecule has 11 aromatic carbocycles. The molecular weight excluding hydrogens is 725 g/mol. The summed E-state index contributed by atoms with van der Waals surface area (Å²) in [5.41, 5.74) is 11.6. The Labute approximate surface area is 348 Å². The van der Waals surface area contributed by atoms with Crippen molar-refractivity contribution >= 4 is 82.0 Å². The molecule has 0 atom stereocenters. The molecule has 0 saturated carbocycles. The Morgan fingerprint density at radius 3 is 1.48 bits per heavy atom. The number of hydrogen-bond acceptors (Lipinski definition) is 1. The minimum Gasteiger partial charge on any atom is -0.310 e. The van der Waals surface area contributed by atoms with Crippen molar-refractivity contribution < 1.29 is 0 Å². The lowest BCUT2D eigenvalue weighted by Crippen LogP contribution is -2.10. The van der Waals surface area contributed by atoms with Crippen LogP contribution in [-0.4, -0.2) is 4.57 Å². The van der Waals surface area contributed by atoms with Crippen LogP contribution in [0, 0.1) is 0 Å². The molecule has 60 heavy (non-hydrogen) atoms. The summed E-state index contributed by atoms with van der Waals surface area (Å²) in [6.45, 7) is 0. The zero-order valence-electron chi connectivity index (χ0n) is 32.8. The third-order valence-electron chi connectivity index (χ3n) is 12.4. The topological polar surface area (TPSA) is 8.17 Å². The molecule has 0 saturated heterocycles. The molecule has 0 amide bonds. The summed E-state index contributed by atoms with van der Waals surface area (Å²) in [5, 5.41) is 12.7. The van der Waals surface area contributed by atoms with Gasteiger partial charge in [0.25, 0.3) is 0 Å². The molecule has 0 aliphatic rings. The van der Waals surface area contributed by atoms with Crippen LogP contribution < -0.4 is 4.90 Å². The van der Waals surface area contributed by atoms with Crippen molar-refractivity contribution in [1.29, 1.82) is 0 Å². The van der Waals surface area contributed by atoms with Gasteiger partial charge >= 0.3 is 0 Å². The quantitative estimate of drug-likeness (QED) is 0.153. The second-order valence-electron chi connectivity index (χ2n) is 15.7. The number of anilines is 3. The van der Waals surface area contributed by atoms with Crippen LogP contribution in [0.25, 0.3) is 92.8 Å². The van der Waals surface area contributed by atoms with Gasteiger partial charge in [-0.3, -0.25) is 0 Å². The minimum atomic E-state index is 1.09. The van der Waals surface area contributed by atoms with Crippen LogP contribution in [-0.2, 0) is 0 Å². The predicted molar refractivity (Wildman–Crippen MR) is 256 cm³/mol. The van der Waals surface area contributed by atoms with E-state index in [-0.39, 0.29) is 0 Å². The van der Waals surface area contributed by atoms with Gasteiger partial charge in [0.15, 0.2) is 0 Å². The Morgan fingerprint density at radius 1 is 0.283 bits per heavy atom. The van der Waals surface area contributed by atoms with Gasteiger partial charge in [0.1, 0.15) is 0 Å². The maximum absolute atomic E-state index is 2.45. The van der Waals surface area contributed by atoms with Gasteiger partial charge in [0, 0.05) is 33.4 Å². The van der Waals surface area contributed by atoms with Crippen LogP contribution in [0.3, 0.4) is 0 Å². The maximum Gasteiger partial charge on any atom is 0.0547 e. The largest absolute Gasteiger partial charge is 0.310 e. The van der Waals surface area contributed by atoms with Crippen molar-refractivity contribution in [2.75, 3.05) is 4.90 Å². The molecule has 2 nitrogen and oxygen atoms in total. The molecule has 0 aliphatic carbocycles. The number of benzene rings is 11. The fourth-order valence-corrected chi connectivity index (χ4v) is 9.62. The van der Waals surface area contributed by atoms with Crippen LogP contribution in [0.1, 0.15) is 0 Å². The first-order chi connectivity index (χ1) is 29.8. The summed E-state index contributed by atoms with van der Waals surface area (Å²) >= 11 is 0. The highest BCUT2D eigenvalue weighted by Crippen LogP contribution is 2.43. The zero-order chi connectivity index (χ0) is 39.6. The van der Waals surface area contributed by atoms with Gasteiger partial charge in [-0.25, -0.2) is 0 Å². The van der Waals surface area contributed by atoms with E-state index in [1.165, 1.54) is 81.6 Å². The van der Waals surface area contributed by atoms with Gasteiger partial charge in [-0.2, -0.15) is 0 Å². The van der Waals surface area contributed by atoms with E-state index in [1.807, 2.05) is 0 Å². The minimum absolute atomic E-state index is 1.09. The van der Waals surface area contributed by atoms with Gasteiger partial charge in [-0.1, -0.05) is 176 Å². The Morgan fingerprint density at radius 2 is 0.783 bits per heavy atom. The molecule has 0 N–H and O–H groups in total. The van der Waals surface area contributed by atoms with E-state index >= 15 is 0 Å². The molecule has 280 valence electrons. The van der Waals surface area contributed by atoms with E-state index in [9.17, 15) is 0 Å². The summed E-state index contributed by atoms with van der Waals surface area (Å²) in [5.74, 6) is 0. The van der Waals surface area contributed by atoms with Gasteiger partial charge in [-0.15, -0.1) is 0 Å². The third-order valence-corrected chi connectivity index (χ3v) is 12.4. The van der Waals surface area contributed by atoms with Crippen molar-refractivity contribution in [3.05, 3.63) is 231 Å². The Bertz CT molecular complexity index is 3550. The molecule has 1 aromatic heterocycles. The lowest BCUT2D eigenvalue weighted by molar-refractivity contribution is 1.18. The highest BCUT2D eigenvalue weighted by atomic mass is 15.1. The monoisotopic (exact) mass is 762 g/mol. The highest BCUT2D eigenvalue weighted by molar-refractivity contribution is 6.26.